The lowest BCUT2D eigenvalue weighted by atomic mass is 10.00. The van der Waals surface area contributed by atoms with E-state index in [2.05, 4.69) is 72.1 Å². The van der Waals surface area contributed by atoms with Crippen LogP contribution in [0.4, 0.5) is 5.82 Å². The molecule has 28 heavy (non-hydrogen) atoms. The molecule has 1 saturated heterocycles. The summed E-state index contributed by atoms with van der Waals surface area (Å²) in [5, 5.41) is 7.23. The van der Waals surface area contributed by atoms with Gasteiger partial charge >= 0.3 is 0 Å². The summed E-state index contributed by atoms with van der Waals surface area (Å²) >= 11 is 0. The minimum absolute atomic E-state index is 0.495. The standard InChI is InChI=1S/C23H27N5/c1-15(2)9-18-5-6-19(10-16(18)3)22-12-24-13-23(26-22)28-8-7-20(14-28)21-11-25-27-17(21)4/h5-6,9-13,20H,7-8,14H2,1-4H3,(H,25,27). The van der Waals surface area contributed by atoms with E-state index in [1.807, 2.05) is 18.6 Å². The van der Waals surface area contributed by atoms with Gasteiger partial charge in [-0.2, -0.15) is 5.10 Å². The smallest absolute Gasteiger partial charge is 0.147 e. The molecular formula is C23H27N5. The number of aromatic nitrogens is 4. The Morgan fingerprint density at radius 1 is 1.18 bits per heavy atom. The molecule has 5 nitrogen and oxygen atoms in total. The molecule has 0 aliphatic carbocycles. The topological polar surface area (TPSA) is 57.7 Å². The summed E-state index contributed by atoms with van der Waals surface area (Å²) in [7, 11) is 0. The molecule has 1 aliphatic rings. The first-order valence-electron chi connectivity index (χ1n) is 9.84. The summed E-state index contributed by atoms with van der Waals surface area (Å²) in [6.45, 7) is 10.4. The molecule has 0 saturated carbocycles. The van der Waals surface area contributed by atoms with Crippen molar-refractivity contribution in [3.05, 3.63) is 64.7 Å². The highest BCUT2D eigenvalue weighted by atomic mass is 15.2. The van der Waals surface area contributed by atoms with Crippen LogP contribution < -0.4 is 4.90 Å². The predicted octanol–water partition coefficient (Wildman–Crippen LogP) is 4.90. The second kappa shape index (κ2) is 7.58. The van der Waals surface area contributed by atoms with Gasteiger partial charge in [0.15, 0.2) is 0 Å². The maximum Gasteiger partial charge on any atom is 0.147 e. The quantitative estimate of drug-likeness (QED) is 0.707. The van der Waals surface area contributed by atoms with Gasteiger partial charge in [-0.25, -0.2) is 4.98 Å². The number of allylic oxidation sites excluding steroid dienone is 1. The zero-order valence-corrected chi connectivity index (χ0v) is 17.0. The van der Waals surface area contributed by atoms with E-state index in [0.717, 1.165) is 36.6 Å². The Morgan fingerprint density at radius 2 is 2.04 bits per heavy atom. The molecule has 1 aromatic carbocycles. The Kier molecular flexibility index (Phi) is 4.99. The van der Waals surface area contributed by atoms with Gasteiger partial charge in [0.1, 0.15) is 5.82 Å². The molecule has 0 amide bonds. The minimum atomic E-state index is 0.495. The lowest BCUT2D eigenvalue weighted by Crippen LogP contribution is -2.20. The van der Waals surface area contributed by atoms with Crippen LogP contribution in [0.3, 0.4) is 0 Å². The number of hydrogen-bond acceptors (Lipinski definition) is 4. The Hall–Kier alpha value is -2.95. The monoisotopic (exact) mass is 373 g/mol. The second-order valence-corrected chi connectivity index (χ2v) is 7.94. The highest BCUT2D eigenvalue weighted by Gasteiger charge is 2.27. The highest BCUT2D eigenvalue weighted by Crippen LogP contribution is 2.31. The molecule has 1 atom stereocenters. The van der Waals surface area contributed by atoms with E-state index in [9.17, 15) is 0 Å². The number of hydrogen-bond donors (Lipinski definition) is 1. The van der Waals surface area contributed by atoms with Crippen molar-refractivity contribution in [2.45, 2.75) is 40.0 Å². The number of aromatic amines is 1. The molecule has 0 bridgehead atoms. The van der Waals surface area contributed by atoms with E-state index in [-0.39, 0.29) is 0 Å². The number of aryl methyl sites for hydroxylation is 2. The molecule has 1 aliphatic heterocycles. The third-order valence-corrected chi connectivity index (χ3v) is 5.45. The molecule has 0 spiro atoms. The maximum absolute atomic E-state index is 4.92. The molecule has 3 aromatic rings. The Labute approximate surface area is 166 Å². The summed E-state index contributed by atoms with van der Waals surface area (Å²) < 4.78 is 0. The zero-order valence-electron chi connectivity index (χ0n) is 17.0. The van der Waals surface area contributed by atoms with Gasteiger partial charge in [-0.15, -0.1) is 0 Å². The van der Waals surface area contributed by atoms with E-state index in [4.69, 9.17) is 4.98 Å². The van der Waals surface area contributed by atoms with Gasteiger partial charge in [-0.1, -0.05) is 23.8 Å². The van der Waals surface area contributed by atoms with Crippen LogP contribution in [0.2, 0.25) is 0 Å². The fourth-order valence-corrected chi connectivity index (χ4v) is 3.95. The summed E-state index contributed by atoms with van der Waals surface area (Å²) in [4.78, 5) is 11.7. The van der Waals surface area contributed by atoms with Crippen molar-refractivity contribution in [3.8, 4) is 11.3 Å². The normalized spacial score (nSPS) is 16.4. The first kappa shape index (κ1) is 18.4. The van der Waals surface area contributed by atoms with Crippen molar-refractivity contribution in [2.75, 3.05) is 18.0 Å². The van der Waals surface area contributed by atoms with Crippen molar-refractivity contribution in [1.82, 2.24) is 20.2 Å². The van der Waals surface area contributed by atoms with E-state index in [1.54, 1.807) is 0 Å². The fourth-order valence-electron chi connectivity index (χ4n) is 3.95. The van der Waals surface area contributed by atoms with E-state index in [0.29, 0.717) is 5.92 Å². The van der Waals surface area contributed by atoms with Crippen LogP contribution in [0.1, 0.15) is 48.6 Å². The van der Waals surface area contributed by atoms with Crippen LogP contribution in [0.15, 0.2) is 42.4 Å². The van der Waals surface area contributed by atoms with Crippen LogP contribution in [0.5, 0.6) is 0 Å². The molecule has 144 valence electrons. The minimum Gasteiger partial charge on any atom is -0.355 e. The molecule has 0 radical (unpaired) electrons. The van der Waals surface area contributed by atoms with E-state index in [1.165, 1.54) is 28.0 Å². The lowest BCUT2D eigenvalue weighted by Gasteiger charge is -2.18. The Balaban J connectivity index is 1.56. The number of rotatable bonds is 4. The van der Waals surface area contributed by atoms with Gasteiger partial charge in [0.2, 0.25) is 0 Å². The van der Waals surface area contributed by atoms with Gasteiger partial charge < -0.3 is 4.90 Å². The highest BCUT2D eigenvalue weighted by molar-refractivity contribution is 5.66. The van der Waals surface area contributed by atoms with Crippen molar-refractivity contribution >= 4 is 11.9 Å². The SMILES string of the molecule is CC(C)=Cc1ccc(-c2cncc(N3CCC(c4cn[nH]c4C)C3)n2)cc1C. The summed E-state index contributed by atoms with van der Waals surface area (Å²) in [6.07, 6.45) is 9.01. The molecule has 1 N–H and O–H groups in total. The summed E-state index contributed by atoms with van der Waals surface area (Å²) in [5.74, 6) is 1.45. The van der Waals surface area contributed by atoms with Crippen LogP contribution >= 0.6 is 0 Å². The van der Waals surface area contributed by atoms with Gasteiger partial charge in [0.25, 0.3) is 0 Å². The van der Waals surface area contributed by atoms with Gasteiger partial charge in [0, 0.05) is 30.3 Å². The molecule has 5 heteroatoms. The average Bonchev–Trinajstić information content (AvgIpc) is 3.32. The van der Waals surface area contributed by atoms with Crippen molar-refractivity contribution < 1.29 is 0 Å². The van der Waals surface area contributed by atoms with Crippen molar-refractivity contribution in [2.24, 2.45) is 0 Å². The largest absolute Gasteiger partial charge is 0.355 e. The summed E-state index contributed by atoms with van der Waals surface area (Å²) in [6, 6.07) is 6.50. The molecule has 4 rings (SSSR count). The van der Waals surface area contributed by atoms with E-state index < -0.39 is 0 Å². The molecule has 1 unspecified atom stereocenters. The third kappa shape index (κ3) is 3.70. The van der Waals surface area contributed by atoms with Crippen molar-refractivity contribution in [3.63, 3.8) is 0 Å². The number of nitrogens with one attached hydrogen (secondary N) is 1. The van der Waals surface area contributed by atoms with Crippen molar-refractivity contribution in [1.29, 1.82) is 0 Å². The maximum atomic E-state index is 4.92. The van der Waals surface area contributed by atoms with Gasteiger partial charge in [-0.3, -0.25) is 10.1 Å². The molecule has 1 fully saturated rings. The predicted molar refractivity (Wildman–Crippen MR) is 114 cm³/mol. The first-order valence-corrected chi connectivity index (χ1v) is 9.84. The van der Waals surface area contributed by atoms with Crippen LogP contribution in [0, 0.1) is 13.8 Å². The van der Waals surface area contributed by atoms with Crippen LogP contribution in [-0.2, 0) is 0 Å². The fraction of sp³-hybridized carbons (Fsp3) is 0.348. The lowest BCUT2D eigenvalue weighted by molar-refractivity contribution is 0.768. The zero-order chi connectivity index (χ0) is 19.7. The Bertz CT molecular complexity index is 1010. The van der Waals surface area contributed by atoms with Gasteiger partial charge in [-0.05, 0) is 56.9 Å². The third-order valence-electron chi connectivity index (χ3n) is 5.45. The second-order valence-electron chi connectivity index (χ2n) is 7.94. The molecule has 2 aromatic heterocycles. The molecule has 3 heterocycles. The number of nitrogens with zero attached hydrogens (tertiary/aromatic N) is 4. The van der Waals surface area contributed by atoms with E-state index >= 15 is 0 Å². The number of benzene rings is 1. The number of anilines is 1. The van der Waals surface area contributed by atoms with Crippen LogP contribution in [0.25, 0.3) is 17.3 Å². The Morgan fingerprint density at radius 3 is 2.75 bits per heavy atom. The number of H-pyrrole nitrogens is 1. The van der Waals surface area contributed by atoms with Crippen LogP contribution in [-0.4, -0.2) is 33.3 Å². The van der Waals surface area contributed by atoms with Gasteiger partial charge in [0.05, 0.1) is 24.3 Å². The average molecular weight is 374 g/mol. The first-order chi connectivity index (χ1) is 13.5. The molecular weight excluding hydrogens is 346 g/mol. The summed E-state index contributed by atoms with van der Waals surface area (Å²) in [5.41, 5.74) is 8.32.